The van der Waals surface area contributed by atoms with Gasteiger partial charge in [0.05, 0.1) is 5.69 Å². The summed E-state index contributed by atoms with van der Waals surface area (Å²) in [5, 5.41) is 0. The standard InChI is InChI=1S/C12H17ClN2/c1-9(7-13)8-15-10(2)14-11-5-3-4-6-12(11)15/h1,3-8H2,2H3. The van der Waals surface area contributed by atoms with Crippen LogP contribution in [-0.2, 0) is 19.4 Å². The van der Waals surface area contributed by atoms with Crippen LogP contribution < -0.4 is 0 Å². The van der Waals surface area contributed by atoms with Gasteiger partial charge in [-0.3, -0.25) is 0 Å². The summed E-state index contributed by atoms with van der Waals surface area (Å²) in [4.78, 5) is 4.62. The Balaban J connectivity index is 2.29. The maximum atomic E-state index is 5.77. The molecule has 82 valence electrons. The van der Waals surface area contributed by atoms with Gasteiger partial charge in [0.1, 0.15) is 5.82 Å². The van der Waals surface area contributed by atoms with Crippen molar-refractivity contribution in [2.75, 3.05) is 5.88 Å². The molecular formula is C12H17ClN2. The van der Waals surface area contributed by atoms with Crippen molar-refractivity contribution in [3.63, 3.8) is 0 Å². The topological polar surface area (TPSA) is 17.8 Å². The fourth-order valence-corrected chi connectivity index (χ4v) is 2.30. The zero-order chi connectivity index (χ0) is 10.8. The van der Waals surface area contributed by atoms with E-state index in [1.165, 1.54) is 24.2 Å². The predicted octanol–water partition coefficient (Wildman–Crippen LogP) is 2.87. The van der Waals surface area contributed by atoms with Gasteiger partial charge in [-0.15, -0.1) is 11.6 Å². The average molecular weight is 225 g/mol. The zero-order valence-electron chi connectivity index (χ0n) is 9.22. The first-order valence-electron chi connectivity index (χ1n) is 5.50. The molecule has 1 aromatic rings. The van der Waals surface area contributed by atoms with Gasteiger partial charge in [0, 0.05) is 18.1 Å². The summed E-state index contributed by atoms with van der Waals surface area (Å²) < 4.78 is 2.28. The van der Waals surface area contributed by atoms with Crippen molar-refractivity contribution in [1.82, 2.24) is 9.55 Å². The van der Waals surface area contributed by atoms with Gasteiger partial charge in [-0.25, -0.2) is 4.98 Å². The molecule has 0 N–H and O–H groups in total. The lowest BCUT2D eigenvalue weighted by molar-refractivity contribution is 0.622. The van der Waals surface area contributed by atoms with Gasteiger partial charge in [0.2, 0.25) is 0 Å². The molecule has 0 saturated carbocycles. The SMILES string of the molecule is C=C(CCl)Cn1c(C)nc2c1CCCC2. The Morgan fingerprint density at radius 2 is 2.20 bits per heavy atom. The number of halogens is 1. The number of aromatic nitrogens is 2. The lowest BCUT2D eigenvalue weighted by Gasteiger charge is -2.15. The number of hydrogen-bond donors (Lipinski definition) is 0. The van der Waals surface area contributed by atoms with Gasteiger partial charge in [-0.2, -0.15) is 0 Å². The van der Waals surface area contributed by atoms with E-state index in [4.69, 9.17) is 11.6 Å². The van der Waals surface area contributed by atoms with Crippen LogP contribution in [0.25, 0.3) is 0 Å². The quantitative estimate of drug-likeness (QED) is 0.570. The lowest BCUT2D eigenvalue weighted by atomic mass is 10.0. The summed E-state index contributed by atoms with van der Waals surface area (Å²) in [6, 6.07) is 0. The zero-order valence-corrected chi connectivity index (χ0v) is 9.98. The van der Waals surface area contributed by atoms with Crippen molar-refractivity contribution >= 4 is 11.6 Å². The molecule has 0 aromatic carbocycles. The third-order valence-electron chi connectivity index (χ3n) is 2.99. The first-order valence-corrected chi connectivity index (χ1v) is 6.03. The third-order valence-corrected chi connectivity index (χ3v) is 3.37. The molecule has 0 amide bonds. The molecule has 0 radical (unpaired) electrons. The summed E-state index contributed by atoms with van der Waals surface area (Å²) in [5.41, 5.74) is 3.76. The number of nitrogens with zero attached hydrogens (tertiary/aromatic N) is 2. The fourth-order valence-electron chi connectivity index (χ4n) is 2.21. The highest BCUT2D eigenvalue weighted by Crippen LogP contribution is 2.22. The predicted molar refractivity (Wildman–Crippen MR) is 63.5 cm³/mol. The molecule has 3 heteroatoms. The number of hydrogen-bond acceptors (Lipinski definition) is 1. The third kappa shape index (κ3) is 2.10. The van der Waals surface area contributed by atoms with E-state index in [1.807, 2.05) is 0 Å². The molecule has 0 saturated heterocycles. The highest BCUT2D eigenvalue weighted by molar-refractivity contribution is 6.19. The minimum absolute atomic E-state index is 0.534. The molecule has 0 aliphatic heterocycles. The van der Waals surface area contributed by atoms with E-state index >= 15 is 0 Å². The van der Waals surface area contributed by atoms with Crippen LogP contribution in [0.1, 0.15) is 30.1 Å². The molecule has 0 bridgehead atoms. The molecule has 1 aliphatic carbocycles. The molecule has 0 fully saturated rings. The van der Waals surface area contributed by atoms with Crippen molar-refractivity contribution < 1.29 is 0 Å². The van der Waals surface area contributed by atoms with Gasteiger partial charge in [0.25, 0.3) is 0 Å². The van der Waals surface area contributed by atoms with E-state index in [9.17, 15) is 0 Å². The number of aryl methyl sites for hydroxylation is 2. The second-order valence-corrected chi connectivity index (χ2v) is 4.50. The Bertz CT molecular complexity index is 379. The second-order valence-electron chi connectivity index (χ2n) is 4.23. The van der Waals surface area contributed by atoms with E-state index in [1.54, 1.807) is 0 Å². The molecule has 0 unspecified atom stereocenters. The minimum Gasteiger partial charge on any atom is -0.328 e. The van der Waals surface area contributed by atoms with Crippen LogP contribution in [0.2, 0.25) is 0 Å². The first-order chi connectivity index (χ1) is 7.22. The fraction of sp³-hybridized carbons (Fsp3) is 0.583. The van der Waals surface area contributed by atoms with Gasteiger partial charge in [-0.05, 0) is 38.2 Å². The number of imidazole rings is 1. The van der Waals surface area contributed by atoms with Gasteiger partial charge < -0.3 is 4.57 Å². The molecular weight excluding hydrogens is 208 g/mol. The molecule has 2 rings (SSSR count). The van der Waals surface area contributed by atoms with Gasteiger partial charge in [0.15, 0.2) is 0 Å². The number of allylic oxidation sites excluding steroid dienone is 1. The lowest BCUT2D eigenvalue weighted by Crippen LogP contribution is -2.11. The summed E-state index contributed by atoms with van der Waals surface area (Å²) in [7, 11) is 0. The summed E-state index contributed by atoms with van der Waals surface area (Å²) in [6.07, 6.45) is 4.85. The Kier molecular flexibility index (Phi) is 3.15. The van der Waals surface area contributed by atoms with Gasteiger partial charge >= 0.3 is 0 Å². The molecule has 0 spiro atoms. The van der Waals surface area contributed by atoms with E-state index in [0.717, 1.165) is 30.8 Å². The molecule has 15 heavy (non-hydrogen) atoms. The molecule has 2 nitrogen and oxygen atoms in total. The van der Waals surface area contributed by atoms with E-state index in [0.29, 0.717) is 5.88 Å². The van der Waals surface area contributed by atoms with E-state index in [-0.39, 0.29) is 0 Å². The molecule has 1 aromatic heterocycles. The van der Waals surface area contributed by atoms with Crippen molar-refractivity contribution in [3.8, 4) is 0 Å². The van der Waals surface area contributed by atoms with Crippen LogP contribution in [0.15, 0.2) is 12.2 Å². The van der Waals surface area contributed by atoms with E-state index in [2.05, 4.69) is 23.1 Å². The number of fused-ring (bicyclic) bond motifs is 1. The van der Waals surface area contributed by atoms with E-state index < -0.39 is 0 Å². The Hall–Kier alpha value is -0.760. The monoisotopic (exact) mass is 224 g/mol. The Morgan fingerprint density at radius 1 is 1.47 bits per heavy atom. The van der Waals surface area contributed by atoms with Crippen LogP contribution >= 0.6 is 11.6 Å². The Morgan fingerprint density at radius 3 is 2.93 bits per heavy atom. The van der Waals surface area contributed by atoms with Crippen LogP contribution in [-0.4, -0.2) is 15.4 Å². The molecule has 0 atom stereocenters. The van der Waals surface area contributed by atoms with Crippen molar-refractivity contribution in [3.05, 3.63) is 29.4 Å². The number of rotatable bonds is 3. The van der Waals surface area contributed by atoms with Crippen LogP contribution in [0.4, 0.5) is 0 Å². The number of alkyl halides is 1. The summed E-state index contributed by atoms with van der Waals surface area (Å²) >= 11 is 5.77. The van der Waals surface area contributed by atoms with Crippen molar-refractivity contribution in [1.29, 1.82) is 0 Å². The van der Waals surface area contributed by atoms with Crippen molar-refractivity contribution in [2.24, 2.45) is 0 Å². The summed E-state index contributed by atoms with van der Waals surface area (Å²) in [6.45, 7) is 6.86. The average Bonchev–Trinajstić information content (AvgIpc) is 2.55. The Labute approximate surface area is 96.0 Å². The molecule has 1 heterocycles. The van der Waals surface area contributed by atoms with Gasteiger partial charge in [-0.1, -0.05) is 6.58 Å². The first kappa shape index (κ1) is 10.7. The minimum atomic E-state index is 0.534. The normalized spacial score (nSPS) is 15.1. The second kappa shape index (κ2) is 4.40. The largest absolute Gasteiger partial charge is 0.328 e. The van der Waals surface area contributed by atoms with Crippen molar-refractivity contribution in [2.45, 2.75) is 39.2 Å². The maximum Gasteiger partial charge on any atom is 0.106 e. The highest BCUT2D eigenvalue weighted by atomic mass is 35.5. The van der Waals surface area contributed by atoms with Crippen LogP contribution in [0.5, 0.6) is 0 Å². The molecule has 1 aliphatic rings. The van der Waals surface area contributed by atoms with Crippen LogP contribution in [0, 0.1) is 6.92 Å². The highest BCUT2D eigenvalue weighted by Gasteiger charge is 2.17. The maximum absolute atomic E-state index is 5.77. The smallest absolute Gasteiger partial charge is 0.106 e. The van der Waals surface area contributed by atoms with Crippen LogP contribution in [0.3, 0.4) is 0 Å². The summed E-state index contributed by atoms with van der Waals surface area (Å²) in [5.74, 6) is 1.64.